The smallest absolute Gasteiger partial charge is 0.269 e. The summed E-state index contributed by atoms with van der Waals surface area (Å²) in [5.74, 6) is 1.29. The molecule has 1 aromatic carbocycles. The lowest BCUT2D eigenvalue weighted by molar-refractivity contribution is -0.126. The highest BCUT2D eigenvalue weighted by Gasteiger charge is 2.34. The number of anilines is 1. The molecule has 1 unspecified atom stereocenters. The van der Waals surface area contributed by atoms with Crippen LogP contribution in [0.4, 0.5) is 5.82 Å². The molecule has 0 saturated carbocycles. The average Bonchev–Trinajstić information content (AvgIpc) is 2.52. The number of aromatic nitrogens is 1. The van der Waals surface area contributed by atoms with Crippen molar-refractivity contribution in [2.75, 3.05) is 4.90 Å². The van der Waals surface area contributed by atoms with Gasteiger partial charge in [-0.1, -0.05) is 43.7 Å². The van der Waals surface area contributed by atoms with E-state index in [1.165, 1.54) is 0 Å². The van der Waals surface area contributed by atoms with Crippen molar-refractivity contribution < 1.29 is 9.53 Å². The van der Waals surface area contributed by atoms with E-state index in [0.717, 1.165) is 18.4 Å². The van der Waals surface area contributed by atoms with Gasteiger partial charge in [-0.3, -0.25) is 9.69 Å². The lowest BCUT2D eigenvalue weighted by Crippen LogP contribution is -2.45. The van der Waals surface area contributed by atoms with Crippen molar-refractivity contribution in [3.63, 3.8) is 0 Å². The Kier molecular flexibility index (Phi) is 5.39. The molecule has 1 aliphatic rings. The third-order valence-electron chi connectivity index (χ3n) is 3.55. The number of halogens is 1. The molecule has 2 heterocycles. The first-order valence-electron chi connectivity index (χ1n) is 7.26. The first-order chi connectivity index (χ1) is 10.3. The normalized spacial score (nSPS) is 16.5. The van der Waals surface area contributed by atoms with Crippen molar-refractivity contribution >= 4 is 24.1 Å². The summed E-state index contributed by atoms with van der Waals surface area (Å²) < 4.78 is 5.80. The van der Waals surface area contributed by atoms with Crippen LogP contribution in [0.2, 0.25) is 0 Å². The van der Waals surface area contributed by atoms with E-state index in [2.05, 4.69) is 11.9 Å². The fourth-order valence-electron chi connectivity index (χ4n) is 2.52. The molecule has 1 amide bonds. The van der Waals surface area contributed by atoms with Gasteiger partial charge in [-0.2, -0.15) is 0 Å². The van der Waals surface area contributed by atoms with Crippen molar-refractivity contribution in [1.82, 2.24) is 4.98 Å². The third-order valence-corrected chi connectivity index (χ3v) is 3.55. The van der Waals surface area contributed by atoms with Crippen molar-refractivity contribution in [2.45, 2.75) is 32.4 Å². The van der Waals surface area contributed by atoms with Gasteiger partial charge in [-0.15, -0.1) is 12.4 Å². The Labute approximate surface area is 136 Å². The molecule has 1 aliphatic heterocycles. The summed E-state index contributed by atoms with van der Waals surface area (Å²) in [5, 5.41) is 0. The Hall–Kier alpha value is -2.07. The van der Waals surface area contributed by atoms with Gasteiger partial charge >= 0.3 is 0 Å². The maximum atomic E-state index is 12.6. The number of hydrogen-bond donors (Lipinski definition) is 0. The van der Waals surface area contributed by atoms with E-state index < -0.39 is 6.10 Å². The summed E-state index contributed by atoms with van der Waals surface area (Å²) >= 11 is 0. The average molecular weight is 319 g/mol. The summed E-state index contributed by atoms with van der Waals surface area (Å²) in [4.78, 5) is 18.7. The van der Waals surface area contributed by atoms with Crippen LogP contribution in [0.3, 0.4) is 0 Å². The predicted octanol–water partition coefficient (Wildman–Crippen LogP) is 3.60. The molecule has 0 saturated heterocycles. The lowest BCUT2D eigenvalue weighted by Gasteiger charge is -2.33. The van der Waals surface area contributed by atoms with Crippen LogP contribution in [0.15, 0.2) is 48.7 Å². The molecule has 0 bridgehead atoms. The fourth-order valence-corrected chi connectivity index (χ4v) is 2.52. The van der Waals surface area contributed by atoms with Crippen molar-refractivity contribution in [3.05, 3.63) is 54.2 Å². The summed E-state index contributed by atoms with van der Waals surface area (Å²) in [7, 11) is 0. The van der Waals surface area contributed by atoms with E-state index in [9.17, 15) is 4.79 Å². The minimum atomic E-state index is -0.407. The Bertz CT molecular complexity index is 634. The predicted molar refractivity (Wildman–Crippen MR) is 88.4 cm³/mol. The number of fused-ring (bicyclic) bond motifs is 1. The largest absolute Gasteiger partial charge is 0.477 e. The van der Waals surface area contributed by atoms with Crippen LogP contribution >= 0.6 is 12.4 Å². The number of carbonyl (C=O) groups is 1. The van der Waals surface area contributed by atoms with Crippen LogP contribution in [-0.4, -0.2) is 17.0 Å². The topological polar surface area (TPSA) is 42.4 Å². The van der Waals surface area contributed by atoms with Crippen LogP contribution in [0.25, 0.3) is 0 Å². The molecule has 0 spiro atoms. The molecule has 0 aliphatic carbocycles. The van der Waals surface area contributed by atoms with Gasteiger partial charge in [0, 0.05) is 6.20 Å². The number of carbonyl (C=O) groups excluding carboxylic acids is 1. The molecule has 116 valence electrons. The highest BCUT2D eigenvalue weighted by atomic mass is 35.5. The van der Waals surface area contributed by atoms with E-state index in [0.29, 0.717) is 18.1 Å². The summed E-state index contributed by atoms with van der Waals surface area (Å²) in [5.41, 5.74) is 1.08. The second-order valence-electron chi connectivity index (χ2n) is 5.13. The van der Waals surface area contributed by atoms with E-state index in [4.69, 9.17) is 4.74 Å². The number of pyridine rings is 1. The maximum absolute atomic E-state index is 12.6. The molecule has 3 rings (SSSR count). The van der Waals surface area contributed by atoms with E-state index in [1.807, 2.05) is 42.5 Å². The van der Waals surface area contributed by atoms with Gasteiger partial charge in [0.15, 0.2) is 17.7 Å². The zero-order valence-electron chi connectivity index (χ0n) is 12.4. The minimum Gasteiger partial charge on any atom is -0.477 e. The van der Waals surface area contributed by atoms with Gasteiger partial charge in [0.25, 0.3) is 5.91 Å². The van der Waals surface area contributed by atoms with Gasteiger partial charge in [0.2, 0.25) is 0 Å². The molecule has 4 nitrogen and oxygen atoms in total. The molecule has 5 heteroatoms. The van der Waals surface area contributed by atoms with Crippen LogP contribution < -0.4 is 9.64 Å². The highest BCUT2D eigenvalue weighted by Crippen LogP contribution is 2.33. The van der Waals surface area contributed by atoms with Gasteiger partial charge in [0.05, 0.1) is 6.54 Å². The first kappa shape index (κ1) is 16.3. The number of hydrogen-bond acceptors (Lipinski definition) is 3. The Morgan fingerprint density at radius 2 is 1.95 bits per heavy atom. The lowest BCUT2D eigenvalue weighted by atomic mass is 10.1. The number of ether oxygens (including phenoxy) is 1. The SMILES string of the molecule is CCCC1Oc2cccnc2N(Cc2ccccc2)C1=O.Cl. The zero-order valence-corrected chi connectivity index (χ0v) is 13.3. The monoisotopic (exact) mass is 318 g/mol. The second-order valence-corrected chi connectivity index (χ2v) is 5.13. The van der Waals surface area contributed by atoms with Crippen LogP contribution in [-0.2, 0) is 11.3 Å². The number of benzene rings is 1. The molecule has 0 radical (unpaired) electrons. The molecular weight excluding hydrogens is 300 g/mol. The van der Waals surface area contributed by atoms with Crippen molar-refractivity contribution in [1.29, 1.82) is 0 Å². The van der Waals surface area contributed by atoms with Crippen LogP contribution in [0.1, 0.15) is 25.3 Å². The molecule has 2 aromatic rings. The summed E-state index contributed by atoms with van der Waals surface area (Å²) in [6, 6.07) is 13.6. The molecule has 22 heavy (non-hydrogen) atoms. The van der Waals surface area contributed by atoms with Gasteiger partial charge < -0.3 is 4.74 Å². The quantitative estimate of drug-likeness (QED) is 0.865. The Morgan fingerprint density at radius 1 is 1.18 bits per heavy atom. The molecule has 1 aromatic heterocycles. The van der Waals surface area contributed by atoms with Crippen LogP contribution in [0, 0.1) is 0 Å². The number of amides is 1. The van der Waals surface area contributed by atoms with Gasteiger partial charge in [-0.25, -0.2) is 4.98 Å². The zero-order chi connectivity index (χ0) is 14.7. The second kappa shape index (κ2) is 7.27. The van der Waals surface area contributed by atoms with Crippen molar-refractivity contribution in [3.8, 4) is 5.75 Å². The number of rotatable bonds is 4. The minimum absolute atomic E-state index is 0. The highest BCUT2D eigenvalue weighted by molar-refractivity contribution is 5.98. The standard InChI is InChI=1S/C17H18N2O2.ClH/c1-2-7-15-17(20)19(12-13-8-4-3-5-9-13)16-14(21-15)10-6-11-18-16;/h3-6,8-11,15H,2,7,12H2,1H3;1H. The molecule has 0 N–H and O–H groups in total. The van der Waals surface area contributed by atoms with Crippen molar-refractivity contribution in [2.24, 2.45) is 0 Å². The maximum Gasteiger partial charge on any atom is 0.269 e. The van der Waals surface area contributed by atoms with Crippen LogP contribution in [0.5, 0.6) is 5.75 Å². The molecule has 0 fully saturated rings. The third kappa shape index (κ3) is 3.22. The fraction of sp³-hybridized carbons (Fsp3) is 0.294. The molecule has 1 atom stereocenters. The van der Waals surface area contributed by atoms with E-state index in [-0.39, 0.29) is 18.3 Å². The summed E-state index contributed by atoms with van der Waals surface area (Å²) in [6.07, 6.45) is 2.91. The van der Waals surface area contributed by atoms with Gasteiger partial charge in [-0.05, 0) is 24.1 Å². The Balaban J connectivity index is 0.00000176. The Morgan fingerprint density at radius 3 is 2.68 bits per heavy atom. The van der Waals surface area contributed by atoms with E-state index in [1.54, 1.807) is 11.1 Å². The van der Waals surface area contributed by atoms with Gasteiger partial charge in [0.1, 0.15) is 0 Å². The summed E-state index contributed by atoms with van der Waals surface area (Å²) in [6.45, 7) is 2.57. The molecular formula is C17H19ClN2O2. The number of nitrogens with zero attached hydrogens (tertiary/aromatic N) is 2. The van der Waals surface area contributed by atoms with E-state index >= 15 is 0 Å². The first-order valence-corrected chi connectivity index (χ1v) is 7.26.